The number of nitrogens with zero attached hydrogens (tertiary/aromatic N) is 1. The van der Waals surface area contributed by atoms with Crippen LogP contribution >= 0.6 is 0 Å². The molecule has 1 aliphatic rings. The second-order valence-corrected chi connectivity index (χ2v) is 3.99. The van der Waals surface area contributed by atoms with Crippen molar-refractivity contribution in [2.45, 2.75) is 13.1 Å². The molecule has 2 aromatic rings. The van der Waals surface area contributed by atoms with Gasteiger partial charge in [0.2, 0.25) is 0 Å². The number of H-pyrrole nitrogens is 1. The van der Waals surface area contributed by atoms with Gasteiger partial charge < -0.3 is 15.4 Å². The van der Waals surface area contributed by atoms with E-state index in [1.54, 1.807) is 24.3 Å². The van der Waals surface area contributed by atoms with Gasteiger partial charge in [-0.05, 0) is 12.1 Å². The standard InChI is InChI=1S/C12H11N3O2/c16-8-3-1-2-7(4-8)11-14-10-6-13-5-9(10)12(17)15-11/h1-4,13,16H,5-6H2,(H,14,15,17). The predicted octanol–water partition coefficient (Wildman–Crippen LogP) is 0.746. The van der Waals surface area contributed by atoms with Gasteiger partial charge in [0.1, 0.15) is 11.6 Å². The largest absolute Gasteiger partial charge is 0.508 e. The fourth-order valence-corrected chi connectivity index (χ4v) is 1.97. The SMILES string of the molecule is O=c1[nH]c(-c2cccc(O)c2)nc2c1CNC2. The summed E-state index contributed by atoms with van der Waals surface area (Å²) in [5, 5.41) is 12.5. The van der Waals surface area contributed by atoms with E-state index in [0.29, 0.717) is 30.0 Å². The van der Waals surface area contributed by atoms with Crippen LogP contribution in [0.3, 0.4) is 0 Å². The Bertz CT molecular complexity index is 634. The van der Waals surface area contributed by atoms with Gasteiger partial charge in [-0.15, -0.1) is 0 Å². The van der Waals surface area contributed by atoms with Crippen molar-refractivity contribution in [2.75, 3.05) is 0 Å². The third-order valence-electron chi connectivity index (χ3n) is 2.81. The first-order valence-electron chi connectivity index (χ1n) is 5.36. The van der Waals surface area contributed by atoms with Crippen LogP contribution in [0.25, 0.3) is 11.4 Å². The fourth-order valence-electron chi connectivity index (χ4n) is 1.97. The highest BCUT2D eigenvalue weighted by molar-refractivity contribution is 5.57. The Kier molecular flexibility index (Phi) is 2.19. The summed E-state index contributed by atoms with van der Waals surface area (Å²) in [6.07, 6.45) is 0. The molecule has 0 fully saturated rings. The zero-order chi connectivity index (χ0) is 11.8. The smallest absolute Gasteiger partial charge is 0.255 e. The number of hydrogen-bond donors (Lipinski definition) is 3. The van der Waals surface area contributed by atoms with Gasteiger partial charge in [0.25, 0.3) is 5.56 Å². The first kappa shape index (κ1) is 10.0. The van der Waals surface area contributed by atoms with Crippen molar-refractivity contribution in [2.24, 2.45) is 0 Å². The number of nitrogens with one attached hydrogen (secondary N) is 2. The van der Waals surface area contributed by atoms with Crippen molar-refractivity contribution in [3.8, 4) is 17.1 Å². The van der Waals surface area contributed by atoms with Crippen LogP contribution in [0.5, 0.6) is 5.75 Å². The lowest BCUT2D eigenvalue weighted by molar-refractivity contribution is 0.475. The monoisotopic (exact) mass is 229 g/mol. The van der Waals surface area contributed by atoms with Crippen molar-refractivity contribution in [3.63, 3.8) is 0 Å². The van der Waals surface area contributed by atoms with E-state index in [1.165, 1.54) is 0 Å². The zero-order valence-corrected chi connectivity index (χ0v) is 9.03. The first-order chi connectivity index (χ1) is 8.24. The minimum atomic E-state index is -0.113. The maximum Gasteiger partial charge on any atom is 0.255 e. The minimum Gasteiger partial charge on any atom is -0.508 e. The maximum absolute atomic E-state index is 11.8. The van der Waals surface area contributed by atoms with Crippen LogP contribution in [0.4, 0.5) is 0 Å². The van der Waals surface area contributed by atoms with Crippen LogP contribution in [0, 0.1) is 0 Å². The molecule has 0 bridgehead atoms. The Morgan fingerprint density at radius 3 is 3.00 bits per heavy atom. The molecule has 1 aromatic heterocycles. The highest BCUT2D eigenvalue weighted by Crippen LogP contribution is 2.20. The molecule has 0 saturated heterocycles. The van der Waals surface area contributed by atoms with E-state index < -0.39 is 0 Å². The van der Waals surface area contributed by atoms with E-state index >= 15 is 0 Å². The highest BCUT2D eigenvalue weighted by atomic mass is 16.3. The molecule has 3 N–H and O–H groups in total. The summed E-state index contributed by atoms with van der Waals surface area (Å²) in [6, 6.07) is 6.67. The number of aromatic nitrogens is 2. The molecular weight excluding hydrogens is 218 g/mol. The zero-order valence-electron chi connectivity index (χ0n) is 9.03. The molecule has 0 atom stereocenters. The summed E-state index contributed by atoms with van der Waals surface area (Å²) < 4.78 is 0. The second-order valence-electron chi connectivity index (χ2n) is 3.99. The van der Waals surface area contributed by atoms with Gasteiger partial charge in [-0.2, -0.15) is 0 Å². The summed E-state index contributed by atoms with van der Waals surface area (Å²) in [5.41, 5.74) is 2.08. The number of fused-ring (bicyclic) bond motifs is 1. The second kappa shape index (κ2) is 3.71. The minimum absolute atomic E-state index is 0.113. The number of aromatic hydroxyl groups is 1. The molecule has 3 rings (SSSR count). The quantitative estimate of drug-likeness (QED) is 0.674. The van der Waals surface area contributed by atoms with Gasteiger partial charge in [0.05, 0.1) is 11.3 Å². The summed E-state index contributed by atoms with van der Waals surface area (Å²) in [5.74, 6) is 0.650. The molecule has 5 nitrogen and oxygen atoms in total. The number of phenols is 1. The lowest BCUT2D eigenvalue weighted by Crippen LogP contribution is -2.15. The third-order valence-corrected chi connectivity index (χ3v) is 2.81. The topological polar surface area (TPSA) is 78.0 Å². The molecule has 17 heavy (non-hydrogen) atoms. The van der Waals surface area contributed by atoms with E-state index in [9.17, 15) is 9.90 Å². The molecular formula is C12H11N3O2. The Balaban J connectivity index is 2.16. The van der Waals surface area contributed by atoms with E-state index in [-0.39, 0.29) is 11.3 Å². The van der Waals surface area contributed by atoms with E-state index in [2.05, 4.69) is 15.3 Å². The molecule has 1 aromatic carbocycles. The van der Waals surface area contributed by atoms with Crippen LogP contribution in [0.15, 0.2) is 29.1 Å². The molecule has 5 heteroatoms. The van der Waals surface area contributed by atoms with E-state index in [4.69, 9.17) is 0 Å². The number of phenolic OH excluding ortho intramolecular Hbond substituents is 1. The van der Waals surface area contributed by atoms with Crippen LogP contribution in [-0.4, -0.2) is 15.1 Å². The van der Waals surface area contributed by atoms with Crippen molar-refractivity contribution < 1.29 is 5.11 Å². The normalized spacial score (nSPS) is 13.6. The van der Waals surface area contributed by atoms with Gasteiger partial charge in [0.15, 0.2) is 0 Å². The summed E-state index contributed by atoms with van der Waals surface area (Å²) >= 11 is 0. The maximum atomic E-state index is 11.8. The Hall–Kier alpha value is -2.14. The Morgan fingerprint density at radius 2 is 2.18 bits per heavy atom. The van der Waals surface area contributed by atoms with E-state index in [0.717, 1.165) is 5.69 Å². The van der Waals surface area contributed by atoms with Gasteiger partial charge in [-0.25, -0.2) is 4.98 Å². The summed E-state index contributed by atoms with van der Waals surface area (Å²) in [7, 11) is 0. The number of rotatable bonds is 1. The third kappa shape index (κ3) is 1.70. The molecule has 0 amide bonds. The van der Waals surface area contributed by atoms with Crippen molar-refractivity contribution in [1.82, 2.24) is 15.3 Å². The molecule has 86 valence electrons. The van der Waals surface area contributed by atoms with Crippen LogP contribution in [-0.2, 0) is 13.1 Å². The van der Waals surface area contributed by atoms with Crippen LogP contribution in [0.1, 0.15) is 11.3 Å². The predicted molar refractivity (Wildman–Crippen MR) is 62.5 cm³/mol. The Morgan fingerprint density at radius 1 is 1.29 bits per heavy atom. The first-order valence-corrected chi connectivity index (χ1v) is 5.36. The van der Waals surface area contributed by atoms with Gasteiger partial charge in [-0.3, -0.25) is 4.79 Å². The molecule has 0 saturated carbocycles. The average molecular weight is 229 g/mol. The molecule has 2 heterocycles. The molecule has 0 aliphatic carbocycles. The van der Waals surface area contributed by atoms with Crippen molar-refractivity contribution in [1.29, 1.82) is 0 Å². The molecule has 1 aliphatic heterocycles. The number of hydrogen-bond acceptors (Lipinski definition) is 4. The van der Waals surface area contributed by atoms with Crippen molar-refractivity contribution >= 4 is 0 Å². The summed E-state index contributed by atoms with van der Waals surface area (Å²) in [4.78, 5) is 18.9. The van der Waals surface area contributed by atoms with Gasteiger partial charge in [0, 0.05) is 18.7 Å². The van der Waals surface area contributed by atoms with Gasteiger partial charge in [-0.1, -0.05) is 12.1 Å². The van der Waals surface area contributed by atoms with Crippen LogP contribution < -0.4 is 10.9 Å². The highest BCUT2D eigenvalue weighted by Gasteiger charge is 2.17. The number of aromatic amines is 1. The molecule has 0 spiro atoms. The Labute approximate surface area is 97.2 Å². The summed E-state index contributed by atoms with van der Waals surface area (Å²) in [6.45, 7) is 1.18. The van der Waals surface area contributed by atoms with Crippen LogP contribution in [0.2, 0.25) is 0 Å². The number of benzene rings is 1. The fraction of sp³-hybridized carbons (Fsp3) is 0.167. The van der Waals surface area contributed by atoms with Gasteiger partial charge >= 0.3 is 0 Å². The average Bonchev–Trinajstić information content (AvgIpc) is 2.77. The molecule has 0 radical (unpaired) electrons. The van der Waals surface area contributed by atoms with E-state index in [1.807, 2.05) is 0 Å². The lowest BCUT2D eigenvalue weighted by Gasteiger charge is -2.03. The van der Waals surface area contributed by atoms with Crippen molar-refractivity contribution in [3.05, 3.63) is 45.9 Å². The molecule has 0 unspecified atom stereocenters. The lowest BCUT2D eigenvalue weighted by atomic mass is 10.2.